The van der Waals surface area contributed by atoms with Gasteiger partial charge in [0.05, 0.1) is 17.0 Å². The number of sulfonamides is 1. The molecule has 10 heteroatoms. The molecule has 0 bridgehead atoms. The number of benzene rings is 2. The Labute approximate surface area is 198 Å². The van der Waals surface area contributed by atoms with Gasteiger partial charge >= 0.3 is 0 Å². The van der Waals surface area contributed by atoms with Crippen LogP contribution >= 0.6 is 0 Å². The zero-order valence-corrected chi connectivity index (χ0v) is 19.5. The first-order valence-electron chi connectivity index (χ1n) is 11.1. The smallest absolute Gasteiger partial charge is 0.288 e. The van der Waals surface area contributed by atoms with Crippen molar-refractivity contribution in [1.29, 1.82) is 0 Å². The van der Waals surface area contributed by atoms with Gasteiger partial charge in [-0.25, -0.2) is 13.4 Å². The van der Waals surface area contributed by atoms with Gasteiger partial charge in [0.2, 0.25) is 15.9 Å². The second kappa shape index (κ2) is 10.2. The fourth-order valence-corrected chi connectivity index (χ4v) is 5.33. The highest BCUT2D eigenvalue weighted by atomic mass is 32.2. The van der Waals surface area contributed by atoms with E-state index in [4.69, 9.17) is 4.74 Å². The average Bonchev–Trinajstić information content (AvgIpc) is 2.87. The molecule has 2 amide bonds. The van der Waals surface area contributed by atoms with E-state index in [1.165, 1.54) is 16.4 Å². The number of nitrogens with one attached hydrogen (secondary N) is 2. The van der Waals surface area contributed by atoms with Crippen LogP contribution in [0.15, 0.2) is 65.6 Å². The second-order valence-electron chi connectivity index (χ2n) is 7.92. The number of carbonyl (C=O) groups is 2. The molecule has 9 nitrogen and oxygen atoms in total. The summed E-state index contributed by atoms with van der Waals surface area (Å²) >= 11 is 0. The first-order chi connectivity index (χ1) is 16.4. The first kappa shape index (κ1) is 23.7. The minimum absolute atomic E-state index is 0.189. The van der Waals surface area contributed by atoms with Crippen molar-refractivity contribution in [3.63, 3.8) is 0 Å². The van der Waals surface area contributed by atoms with Gasteiger partial charge in [0.25, 0.3) is 5.91 Å². The van der Waals surface area contributed by atoms with Crippen molar-refractivity contribution in [3.05, 3.63) is 66.4 Å². The molecule has 1 aliphatic rings. The van der Waals surface area contributed by atoms with E-state index in [2.05, 4.69) is 15.8 Å². The Morgan fingerprint density at radius 1 is 1.00 bits per heavy atom. The molecular formula is C24H26N4O5S. The largest absolute Gasteiger partial charge is 0.494 e. The molecule has 1 saturated heterocycles. The Morgan fingerprint density at radius 3 is 2.41 bits per heavy atom. The van der Waals surface area contributed by atoms with Gasteiger partial charge in [-0.2, -0.15) is 4.31 Å². The molecule has 4 rings (SSSR count). The van der Waals surface area contributed by atoms with Crippen molar-refractivity contribution < 1.29 is 22.7 Å². The summed E-state index contributed by atoms with van der Waals surface area (Å²) in [4.78, 5) is 29.4. The van der Waals surface area contributed by atoms with Crippen molar-refractivity contribution in [2.75, 3.05) is 19.7 Å². The van der Waals surface area contributed by atoms with E-state index in [1.54, 1.807) is 30.3 Å². The van der Waals surface area contributed by atoms with Gasteiger partial charge < -0.3 is 4.74 Å². The number of hydrogen-bond donors (Lipinski definition) is 2. The number of hydrazine groups is 1. The lowest BCUT2D eigenvalue weighted by Crippen LogP contribution is -2.48. The zero-order chi connectivity index (χ0) is 24.1. The van der Waals surface area contributed by atoms with Crippen LogP contribution in [-0.2, 0) is 14.8 Å². The van der Waals surface area contributed by atoms with Crippen LogP contribution in [0.5, 0.6) is 5.75 Å². The Bertz CT molecular complexity index is 1290. The Morgan fingerprint density at radius 2 is 1.71 bits per heavy atom. The fraction of sp³-hybridized carbons (Fsp3) is 0.292. The molecule has 1 fully saturated rings. The molecule has 1 aliphatic heterocycles. The Hall–Kier alpha value is -3.50. The highest BCUT2D eigenvalue weighted by Crippen LogP contribution is 2.25. The summed E-state index contributed by atoms with van der Waals surface area (Å²) < 4.78 is 32.6. The molecule has 0 aliphatic carbocycles. The minimum atomic E-state index is -3.65. The number of fused-ring (bicyclic) bond motifs is 1. The molecular weight excluding hydrogens is 456 g/mol. The van der Waals surface area contributed by atoms with Gasteiger partial charge in [0, 0.05) is 24.4 Å². The Balaban J connectivity index is 1.30. The van der Waals surface area contributed by atoms with Crippen LogP contribution in [0, 0.1) is 5.92 Å². The van der Waals surface area contributed by atoms with Crippen molar-refractivity contribution in [2.45, 2.75) is 24.7 Å². The maximum atomic E-state index is 12.9. The quantitative estimate of drug-likeness (QED) is 0.522. The summed E-state index contributed by atoms with van der Waals surface area (Å²) in [6.45, 7) is 2.79. The molecule has 2 aromatic carbocycles. The predicted octanol–water partition coefficient (Wildman–Crippen LogP) is 2.50. The van der Waals surface area contributed by atoms with Gasteiger partial charge in [-0.1, -0.05) is 24.3 Å². The lowest BCUT2D eigenvalue weighted by molar-refractivity contribution is -0.126. The summed E-state index contributed by atoms with van der Waals surface area (Å²) in [6.07, 6.45) is 0.707. The number of amides is 2. The minimum Gasteiger partial charge on any atom is -0.494 e. The van der Waals surface area contributed by atoms with E-state index in [0.717, 1.165) is 5.39 Å². The van der Waals surface area contributed by atoms with E-state index in [1.807, 2.05) is 25.1 Å². The summed E-state index contributed by atoms with van der Waals surface area (Å²) in [5, 5.41) is 0.912. The molecule has 0 spiro atoms. The van der Waals surface area contributed by atoms with Crippen LogP contribution in [0.1, 0.15) is 30.3 Å². The van der Waals surface area contributed by atoms with E-state index in [0.29, 0.717) is 30.7 Å². The molecule has 0 saturated carbocycles. The molecule has 0 atom stereocenters. The van der Waals surface area contributed by atoms with E-state index in [-0.39, 0.29) is 29.6 Å². The standard InChI is InChI=1S/C24H26N4O5S/c1-2-33-19-8-10-20(11-9-19)34(31,32)28-15-13-18(14-16-28)23(29)26-27-24(30)22-12-7-17-5-3-4-6-21(17)25-22/h3-12,18H,2,13-16H2,1H3,(H,26,29)(H,27,30). The molecule has 34 heavy (non-hydrogen) atoms. The van der Waals surface area contributed by atoms with Crippen LogP contribution in [0.4, 0.5) is 0 Å². The first-order valence-corrected chi connectivity index (χ1v) is 12.5. The molecule has 0 radical (unpaired) electrons. The summed E-state index contributed by atoms with van der Waals surface area (Å²) in [5.74, 6) is -0.670. The van der Waals surface area contributed by atoms with Crippen LogP contribution in [0.3, 0.4) is 0 Å². The number of para-hydroxylation sites is 1. The monoisotopic (exact) mass is 482 g/mol. The number of carbonyl (C=O) groups excluding carboxylic acids is 2. The van der Waals surface area contributed by atoms with Gasteiger partial charge in [0.15, 0.2) is 0 Å². The number of rotatable bonds is 6. The van der Waals surface area contributed by atoms with Crippen LogP contribution in [0.25, 0.3) is 10.9 Å². The van der Waals surface area contributed by atoms with Crippen LogP contribution in [-0.4, -0.2) is 49.2 Å². The number of nitrogens with zero attached hydrogens (tertiary/aromatic N) is 2. The molecule has 2 N–H and O–H groups in total. The van der Waals surface area contributed by atoms with E-state index >= 15 is 0 Å². The summed E-state index contributed by atoms with van der Waals surface area (Å²) in [7, 11) is -3.65. The van der Waals surface area contributed by atoms with Crippen molar-refractivity contribution in [1.82, 2.24) is 20.1 Å². The van der Waals surface area contributed by atoms with Crippen molar-refractivity contribution >= 4 is 32.7 Å². The van der Waals surface area contributed by atoms with Gasteiger partial charge in [0.1, 0.15) is 11.4 Å². The van der Waals surface area contributed by atoms with Gasteiger partial charge in [-0.05, 0) is 56.2 Å². The number of hydrogen-bond acceptors (Lipinski definition) is 6. The van der Waals surface area contributed by atoms with E-state index in [9.17, 15) is 18.0 Å². The maximum absolute atomic E-state index is 12.9. The van der Waals surface area contributed by atoms with Crippen molar-refractivity contribution in [2.24, 2.45) is 5.92 Å². The third-order valence-electron chi connectivity index (χ3n) is 5.73. The van der Waals surface area contributed by atoms with E-state index < -0.39 is 21.8 Å². The second-order valence-corrected chi connectivity index (χ2v) is 9.85. The SMILES string of the molecule is CCOc1ccc(S(=O)(=O)N2CCC(C(=O)NNC(=O)c3ccc4ccccc4n3)CC2)cc1. The topological polar surface area (TPSA) is 118 Å². The highest BCUT2D eigenvalue weighted by molar-refractivity contribution is 7.89. The third-order valence-corrected chi connectivity index (χ3v) is 7.64. The van der Waals surface area contributed by atoms with Crippen LogP contribution < -0.4 is 15.6 Å². The highest BCUT2D eigenvalue weighted by Gasteiger charge is 2.32. The number of pyridine rings is 1. The lowest BCUT2D eigenvalue weighted by Gasteiger charge is -2.30. The number of aromatic nitrogens is 1. The molecule has 0 unspecified atom stereocenters. The summed E-state index contributed by atoms with van der Waals surface area (Å²) in [5.41, 5.74) is 5.71. The molecule has 1 aromatic heterocycles. The lowest BCUT2D eigenvalue weighted by atomic mass is 9.98. The number of piperidine rings is 1. The third kappa shape index (κ3) is 5.18. The summed E-state index contributed by atoms with van der Waals surface area (Å²) in [6, 6.07) is 17.1. The normalized spacial score (nSPS) is 15.1. The predicted molar refractivity (Wildman–Crippen MR) is 126 cm³/mol. The molecule has 3 aromatic rings. The average molecular weight is 483 g/mol. The molecule has 178 valence electrons. The zero-order valence-electron chi connectivity index (χ0n) is 18.7. The number of ether oxygens (including phenoxy) is 1. The van der Waals surface area contributed by atoms with Gasteiger partial charge in [-0.15, -0.1) is 0 Å². The maximum Gasteiger partial charge on any atom is 0.288 e. The fourth-order valence-electron chi connectivity index (χ4n) is 3.86. The van der Waals surface area contributed by atoms with Crippen LogP contribution in [0.2, 0.25) is 0 Å². The van der Waals surface area contributed by atoms with Crippen molar-refractivity contribution in [3.8, 4) is 5.75 Å². The van der Waals surface area contributed by atoms with Gasteiger partial charge in [-0.3, -0.25) is 20.4 Å². The Kier molecular flexibility index (Phi) is 7.09. The molecule has 2 heterocycles.